The van der Waals surface area contributed by atoms with E-state index in [-0.39, 0.29) is 12.0 Å². The highest BCUT2D eigenvalue weighted by molar-refractivity contribution is 5.99. The van der Waals surface area contributed by atoms with E-state index in [1.807, 2.05) is 0 Å². The summed E-state index contributed by atoms with van der Waals surface area (Å²) in [6.45, 7) is 0.615. The van der Waals surface area contributed by atoms with E-state index in [1.54, 1.807) is 24.3 Å². The molecule has 1 aromatic rings. The van der Waals surface area contributed by atoms with E-state index >= 15 is 0 Å². The first-order valence-corrected chi connectivity index (χ1v) is 5.47. The Kier molecular flexibility index (Phi) is 3.10. The van der Waals surface area contributed by atoms with E-state index in [1.165, 1.54) is 0 Å². The second kappa shape index (κ2) is 4.53. The molecular formula is C12H16N2O2. The van der Waals surface area contributed by atoms with Gasteiger partial charge >= 0.3 is 0 Å². The van der Waals surface area contributed by atoms with Crippen LogP contribution in [0.5, 0.6) is 0 Å². The van der Waals surface area contributed by atoms with Crippen molar-refractivity contribution in [2.45, 2.75) is 18.9 Å². The number of aliphatic hydroxyl groups excluding tert-OH is 1. The third-order valence-corrected chi connectivity index (χ3v) is 2.97. The normalized spacial score (nSPS) is 23.6. The van der Waals surface area contributed by atoms with Gasteiger partial charge in [-0.25, -0.2) is 0 Å². The summed E-state index contributed by atoms with van der Waals surface area (Å²) < 4.78 is 0. The van der Waals surface area contributed by atoms with Crippen molar-refractivity contribution in [2.75, 3.05) is 12.3 Å². The molecule has 1 amide bonds. The predicted molar refractivity (Wildman–Crippen MR) is 61.9 cm³/mol. The topological polar surface area (TPSA) is 75.4 Å². The Labute approximate surface area is 94.5 Å². The molecule has 1 aliphatic rings. The molecule has 86 valence electrons. The van der Waals surface area contributed by atoms with Crippen LogP contribution in [0.15, 0.2) is 24.3 Å². The van der Waals surface area contributed by atoms with Gasteiger partial charge in [-0.15, -0.1) is 0 Å². The fourth-order valence-electron chi connectivity index (χ4n) is 1.90. The molecule has 1 aromatic carbocycles. The Hall–Kier alpha value is -1.55. The molecular weight excluding hydrogens is 204 g/mol. The van der Waals surface area contributed by atoms with E-state index in [9.17, 15) is 4.79 Å². The van der Waals surface area contributed by atoms with Gasteiger partial charge in [-0.3, -0.25) is 4.79 Å². The van der Waals surface area contributed by atoms with Crippen molar-refractivity contribution in [3.8, 4) is 0 Å². The summed E-state index contributed by atoms with van der Waals surface area (Å²) in [5, 5.41) is 11.9. The lowest BCUT2D eigenvalue weighted by atomic mass is 9.82. The first-order valence-electron chi connectivity index (χ1n) is 5.47. The van der Waals surface area contributed by atoms with Gasteiger partial charge in [0.15, 0.2) is 0 Å². The molecule has 0 unspecified atom stereocenters. The smallest absolute Gasteiger partial charge is 0.253 e. The molecule has 16 heavy (non-hydrogen) atoms. The van der Waals surface area contributed by atoms with Gasteiger partial charge in [-0.2, -0.15) is 0 Å². The molecule has 0 spiro atoms. The predicted octanol–water partition coefficient (Wildman–Crippen LogP) is 0.769. The number of nitrogen functional groups attached to an aromatic ring is 1. The second-order valence-electron chi connectivity index (χ2n) is 4.29. The largest absolute Gasteiger partial charge is 0.398 e. The molecule has 0 atom stereocenters. The number of carbonyl (C=O) groups is 1. The Morgan fingerprint density at radius 2 is 2.12 bits per heavy atom. The number of hydrogen-bond acceptors (Lipinski definition) is 3. The average Bonchev–Trinajstić information content (AvgIpc) is 2.23. The minimum atomic E-state index is -0.177. The number of para-hydroxylation sites is 1. The van der Waals surface area contributed by atoms with Gasteiger partial charge in [-0.05, 0) is 30.9 Å². The number of nitrogens with one attached hydrogen (secondary N) is 1. The van der Waals surface area contributed by atoms with E-state index < -0.39 is 0 Å². The van der Waals surface area contributed by atoms with E-state index in [0.29, 0.717) is 23.7 Å². The van der Waals surface area contributed by atoms with E-state index in [0.717, 1.165) is 12.8 Å². The fourth-order valence-corrected chi connectivity index (χ4v) is 1.90. The van der Waals surface area contributed by atoms with Crippen LogP contribution in [-0.4, -0.2) is 23.7 Å². The standard InChI is InChI=1S/C12H16N2O2/c13-11-4-2-1-3-10(11)12(16)14-7-8-5-9(15)6-8/h1-4,8-9,15H,5-7,13H2,(H,14,16). The van der Waals surface area contributed by atoms with Crippen LogP contribution in [0.4, 0.5) is 5.69 Å². The maximum absolute atomic E-state index is 11.7. The molecule has 0 radical (unpaired) electrons. The summed E-state index contributed by atoms with van der Waals surface area (Å²) in [5.41, 5.74) is 6.71. The van der Waals surface area contributed by atoms with E-state index in [4.69, 9.17) is 10.8 Å². The summed E-state index contributed by atoms with van der Waals surface area (Å²) in [6.07, 6.45) is 1.39. The van der Waals surface area contributed by atoms with Gasteiger partial charge in [0.1, 0.15) is 0 Å². The quantitative estimate of drug-likeness (QED) is 0.658. The highest BCUT2D eigenvalue weighted by atomic mass is 16.3. The third-order valence-electron chi connectivity index (χ3n) is 2.97. The molecule has 4 nitrogen and oxygen atoms in total. The summed E-state index contributed by atoms with van der Waals surface area (Å²) in [7, 11) is 0. The van der Waals surface area contributed by atoms with Crippen molar-refractivity contribution in [3.05, 3.63) is 29.8 Å². The zero-order valence-electron chi connectivity index (χ0n) is 9.02. The summed E-state index contributed by atoms with van der Waals surface area (Å²) in [5.74, 6) is 0.267. The Bertz CT molecular complexity index is 386. The molecule has 1 fully saturated rings. The van der Waals surface area contributed by atoms with Crippen molar-refractivity contribution >= 4 is 11.6 Å². The number of amides is 1. The van der Waals surface area contributed by atoms with Gasteiger partial charge in [0.05, 0.1) is 11.7 Å². The number of nitrogens with two attached hydrogens (primary N) is 1. The fraction of sp³-hybridized carbons (Fsp3) is 0.417. The Morgan fingerprint density at radius 3 is 2.75 bits per heavy atom. The molecule has 4 heteroatoms. The summed E-state index contributed by atoms with van der Waals surface area (Å²) >= 11 is 0. The Balaban J connectivity index is 1.86. The van der Waals surface area contributed by atoms with Crippen molar-refractivity contribution < 1.29 is 9.90 Å². The maximum atomic E-state index is 11.7. The number of benzene rings is 1. The molecule has 4 N–H and O–H groups in total. The van der Waals surface area contributed by atoms with Crippen LogP contribution in [-0.2, 0) is 0 Å². The molecule has 2 rings (SSSR count). The highest BCUT2D eigenvalue weighted by Crippen LogP contribution is 2.26. The van der Waals surface area contributed by atoms with Crippen LogP contribution in [0.1, 0.15) is 23.2 Å². The minimum Gasteiger partial charge on any atom is -0.398 e. The number of hydrogen-bond donors (Lipinski definition) is 3. The van der Waals surface area contributed by atoms with Crippen molar-refractivity contribution in [3.63, 3.8) is 0 Å². The van der Waals surface area contributed by atoms with Gasteiger partial charge < -0.3 is 16.2 Å². The molecule has 0 saturated heterocycles. The van der Waals surface area contributed by atoms with Crippen LogP contribution < -0.4 is 11.1 Å². The van der Waals surface area contributed by atoms with Crippen LogP contribution in [0.2, 0.25) is 0 Å². The zero-order valence-corrected chi connectivity index (χ0v) is 9.02. The lowest BCUT2D eigenvalue weighted by molar-refractivity contribution is 0.0420. The van der Waals surface area contributed by atoms with Crippen LogP contribution in [0.3, 0.4) is 0 Å². The monoisotopic (exact) mass is 220 g/mol. The van der Waals surface area contributed by atoms with Crippen LogP contribution in [0.25, 0.3) is 0 Å². The van der Waals surface area contributed by atoms with Gasteiger partial charge in [0.2, 0.25) is 0 Å². The van der Waals surface area contributed by atoms with Crippen LogP contribution in [0, 0.1) is 5.92 Å². The summed E-state index contributed by atoms with van der Waals surface area (Å²) in [4.78, 5) is 11.7. The molecule has 0 aromatic heterocycles. The van der Waals surface area contributed by atoms with Crippen LogP contribution >= 0.6 is 0 Å². The first kappa shape index (κ1) is 11.0. The number of rotatable bonds is 3. The molecule has 1 aliphatic carbocycles. The van der Waals surface area contributed by atoms with Crippen molar-refractivity contribution in [1.82, 2.24) is 5.32 Å². The molecule has 1 saturated carbocycles. The lowest BCUT2D eigenvalue weighted by Crippen LogP contribution is -2.38. The van der Waals surface area contributed by atoms with Crippen molar-refractivity contribution in [2.24, 2.45) is 5.92 Å². The van der Waals surface area contributed by atoms with Gasteiger partial charge in [0.25, 0.3) is 5.91 Å². The molecule has 0 aliphatic heterocycles. The number of aliphatic hydroxyl groups is 1. The van der Waals surface area contributed by atoms with E-state index in [2.05, 4.69) is 5.32 Å². The summed E-state index contributed by atoms with van der Waals surface area (Å²) in [6, 6.07) is 7.01. The number of carbonyl (C=O) groups excluding carboxylic acids is 1. The molecule has 0 bridgehead atoms. The maximum Gasteiger partial charge on any atom is 0.253 e. The van der Waals surface area contributed by atoms with Crippen molar-refractivity contribution in [1.29, 1.82) is 0 Å². The lowest BCUT2D eigenvalue weighted by Gasteiger charge is -2.31. The average molecular weight is 220 g/mol. The molecule has 0 heterocycles. The Morgan fingerprint density at radius 1 is 1.44 bits per heavy atom. The zero-order chi connectivity index (χ0) is 11.5. The SMILES string of the molecule is Nc1ccccc1C(=O)NCC1CC(O)C1. The highest BCUT2D eigenvalue weighted by Gasteiger charge is 2.27. The number of anilines is 1. The minimum absolute atomic E-state index is 0.139. The third kappa shape index (κ3) is 2.33. The second-order valence-corrected chi connectivity index (χ2v) is 4.29. The first-order chi connectivity index (χ1) is 7.66. The van der Waals surface area contributed by atoms with Gasteiger partial charge in [0, 0.05) is 12.2 Å². The van der Waals surface area contributed by atoms with Gasteiger partial charge in [-0.1, -0.05) is 12.1 Å².